The summed E-state index contributed by atoms with van der Waals surface area (Å²) in [6.07, 6.45) is -1.41. The van der Waals surface area contributed by atoms with Gasteiger partial charge in [-0.15, -0.1) is 0 Å². The molecule has 0 atom stereocenters. The lowest BCUT2D eigenvalue weighted by Crippen LogP contribution is -2.07. The van der Waals surface area contributed by atoms with Gasteiger partial charge in [-0.05, 0) is 37.3 Å². The van der Waals surface area contributed by atoms with Crippen LogP contribution < -0.4 is 0 Å². The summed E-state index contributed by atoms with van der Waals surface area (Å²) in [6.45, 7) is 1.91. The van der Waals surface area contributed by atoms with E-state index in [1.54, 1.807) is 24.3 Å². The van der Waals surface area contributed by atoms with Crippen molar-refractivity contribution in [3.8, 4) is 16.9 Å². The van der Waals surface area contributed by atoms with Gasteiger partial charge in [0.15, 0.2) is 5.69 Å². The van der Waals surface area contributed by atoms with Crippen molar-refractivity contribution in [1.82, 2.24) is 14.8 Å². The van der Waals surface area contributed by atoms with Gasteiger partial charge in [0.1, 0.15) is 0 Å². The van der Waals surface area contributed by atoms with Gasteiger partial charge in [-0.3, -0.25) is 4.98 Å². The van der Waals surface area contributed by atoms with Gasteiger partial charge in [0.05, 0.1) is 11.4 Å². The van der Waals surface area contributed by atoms with Crippen LogP contribution in [0.1, 0.15) is 11.3 Å². The van der Waals surface area contributed by atoms with Gasteiger partial charge in [-0.25, -0.2) is 4.68 Å². The summed E-state index contributed by atoms with van der Waals surface area (Å²) in [5.41, 5.74) is 1.68. The number of hydrogen-bond donors (Lipinski definition) is 0. The van der Waals surface area contributed by atoms with E-state index in [0.717, 1.165) is 11.6 Å². The summed E-state index contributed by atoms with van der Waals surface area (Å²) < 4.78 is 40.3. The number of aromatic nitrogens is 3. The van der Waals surface area contributed by atoms with Gasteiger partial charge in [-0.2, -0.15) is 18.3 Å². The molecule has 2 heterocycles. The molecule has 3 nitrogen and oxygen atoms in total. The second-order valence-corrected chi connectivity index (χ2v) is 4.90. The third-order valence-corrected chi connectivity index (χ3v) is 3.25. The lowest BCUT2D eigenvalue weighted by Gasteiger charge is -2.07. The van der Waals surface area contributed by atoms with E-state index in [2.05, 4.69) is 10.1 Å². The Balaban J connectivity index is 2.19. The Morgan fingerprint density at radius 1 is 0.955 bits per heavy atom. The first-order chi connectivity index (χ1) is 10.4. The fraction of sp³-hybridized carbons (Fsp3) is 0.125. The molecule has 2 aromatic heterocycles. The molecule has 0 radical (unpaired) electrons. The van der Waals surface area contributed by atoms with E-state index in [4.69, 9.17) is 0 Å². The maximum atomic E-state index is 13.0. The number of rotatable bonds is 2. The van der Waals surface area contributed by atoms with Gasteiger partial charge in [0, 0.05) is 18.0 Å². The van der Waals surface area contributed by atoms with Gasteiger partial charge < -0.3 is 0 Å². The molecule has 0 aliphatic rings. The molecule has 1 aromatic carbocycles. The molecule has 3 rings (SSSR count). The number of nitrogens with zero attached hydrogens (tertiary/aromatic N) is 3. The van der Waals surface area contributed by atoms with E-state index in [1.165, 1.54) is 17.1 Å². The van der Waals surface area contributed by atoms with Crippen LogP contribution in [0.15, 0.2) is 54.9 Å². The number of benzene rings is 1. The predicted octanol–water partition coefficient (Wildman–Crippen LogP) is 4.26. The van der Waals surface area contributed by atoms with Crippen LogP contribution in [0.25, 0.3) is 16.9 Å². The first-order valence-corrected chi connectivity index (χ1v) is 6.60. The van der Waals surface area contributed by atoms with E-state index < -0.39 is 11.9 Å². The van der Waals surface area contributed by atoms with Crippen molar-refractivity contribution in [3.63, 3.8) is 0 Å². The SMILES string of the molecule is Cc1ccc(-n2nc(C(F)(F)F)cc2-c2ccncc2)cc1. The zero-order valence-electron chi connectivity index (χ0n) is 11.7. The number of hydrogen-bond acceptors (Lipinski definition) is 2. The predicted molar refractivity (Wildman–Crippen MR) is 76.5 cm³/mol. The smallest absolute Gasteiger partial charge is 0.265 e. The van der Waals surface area contributed by atoms with E-state index in [-0.39, 0.29) is 0 Å². The minimum Gasteiger partial charge on any atom is -0.265 e. The number of alkyl halides is 3. The van der Waals surface area contributed by atoms with Crippen molar-refractivity contribution < 1.29 is 13.2 Å². The first kappa shape index (κ1) is 14.3. The van der Waals surface area contributed by atoms with Crippen LogP contribution in [-0.2, 0) is 6.18 Å². The van der Waals surface area contributed by atoms with Crippen LogP contribution in [-0.4, -0.2) is 14.8 Å². The number of aryl methyl sites for hydroxylation is 1. The first-order valence-electron chi connectivity index (χ1n) is 6.60. The van der Waals surface area contributed by atoms with Crippen LogP contribution in [0.2, 0.25) is 0 Å². The van der Waals surface area contributed by atoms with Gasteiger partial charge in [-0.1, -0.05) is 17.7 Å². The molecular formula is C16H12F3N3. The quantitative estimate of drug-likeness (QED) is 0.708. The molecule has 6 heteroatoms. The lowest BCUT2D eigenvalue weighted by molar-refractivity contribution is -0.141. The normalized spacial score (nSPS) is 11.6. The van der Waals surface area contributed by atoms with Crippen molar-refractivity contribution in [2.24, 2.45) is 0 Å². The fourth-order valence-corrected chi connectivity index (χ4v) is 2.13. The zero-order chi connectivity index (χ0) is 15.7. The summed E-state index contributed by atoms with van der Waals surface area (Å²) >= 11 is 0. The third-order valence-electron chi connectivity index (χ3n) is 3.25. The Hall–Kier alpha value is -2.63. The highest BCUT2D eigenvalue weighted by molar-refractivity contribution is 5.62. The minimum absolute atomic E-state index is 0.374. The van der Waals surface area contributed by atoms with E-state index in [0.29, 0.717) is 16.9 Å². The highest BCUT2D eigenvalue weighted by atomic mass is 19.4. The Morgan fingerprint density at radius 2 is 1.59 bits per heavy atom. The maximum Gasteiger partial charge on any atom is 0.435 e. The molecule has 0 N–H and O–H groups in total. The van der Waals surface area contributed by atoms with Crippen molar-refractivity contribution >= 4 is 0 Å². The zero-order valence-corrected chi connectivity index (χ0v) is 11.7. The second kappa shape index (κ2) is 5.29. The van der Waals surface area contributed by atoms with Crippen LogP contribution >= 0.6 is 0 Å². The number of pyridine rings is 1. The van der Waals surface area contributed by atoms with Crippen LogP contribution in [0, 0.1) is 6.92 Å². The van der Waals surface area contributed by atoms with Crippen molar-refractivity contribution in [3.05, 3.63) is 66.1 Å². The van der Waals surface area contributed by atoms with Crippen molar-refractivity contribution in [2.75, 3.05) is 0 Å². The highest BCUT2D eigenvalue weighted by Crippen LogP contribution is 2.33. The molecule has 22 heavy (non-hydrogen) atoms. The topological polar surface area (TPSA) is 30.7 Å². The Morgan fingerprint density at radius 3 is 2.18 bits per heavy atom. The average molecular weight is 303 g/mol. The largest absolute Gasteiger partial charge is 0.435 e. The van der Waals surface area contributed by atoms with E-state index in [1.807, 2.05) is 19.1 Å². The van der Waals surface area contributed by atoms with Crippen LogP contribution in [0.5, 0.6) is 0 Å². The fourth-order valence-electron chi connectivity index (χ4n) is 2.13. The summed E-state index contributed by atoms with van der Waals surface area (Å²) in [5.74, 6) is 0. The monoisotopic (exact) mass is 303 g/mol. The third kappa shape index (κ3) is 2.72. The molecule has 0 saturated heterocycles. The second-order valence-electron chi connectivity index (χ2n) is 4.90. The van der Waals surface area contributed by atoms with Crippen LogP contribution in [0.4, 0.5) is 13.2 Å². The molecular weight excluding hydrogens is 291 g/mol. The lowest BCUT2D eigenvalue weighted by atomic mass is 10.1. The average Bonchev–Trinajstić information content (AvgIpc) is 2.94. The Kier molecular flexibility index (Phi) is 3.44. The molecule has 0 saturated carbocycles. The molecule has 0 amide bonds. The molecule has 3 aromatic rings. The summed E-state index contributed by atoms with van der Waals surface area (Å²) in [5, 5.41) is 3.73. The minimum atomic E-state index is -4.49. The Bertz CT molecular complexity index is 775. The highest BCUT2D eigenvalue weighted by Gasteiger charge is 2.35. The number of halogens is 3. The maximum absolute atomic E-state index is 13.0. The van der Waals surface area contributed by atoms with Gasteiger partial charge >= 0.3 is 6.18 Å². The molecule has 0 aliphatic heterocycles. The Labute approximate surface area is 125 Å². The van der Waals surface area contributed by atoms with Gasteiger partial charge in [0.25, 0.3) is 0 Å². The molecule has 0 aliphatic carbocycles. The summed E-state index contributed by atoms with van der Waals surface area (Å²) in [6, 6.07) is 11.5. The van der Waals surface area contributed by atoms with Crippen molar-refractivity contribution in [1.29, 1.82) is 0 Å². The molecule has 0 unspecified atom stereocenters. The van der Waals surface area contributed by atoms with Gasteiger partial charge in [0.2, 0.25) is 0 Å². The van der Waals surface area contributed by atoms with Crippen LogP contribution in [0.3, 0.4) is 0 Å². The standard InChI is InChI=1S/C16H12F3N3/c1-11-2-4-13(5-3-11)22-14(12-6-8-20-9-7-12)10-15(21-22)16(17,18)19/h2-10H,1H3. The molecule has 0 spiro atoms. The molecule has 112 valence electrons. The summed E-state index contributed by atoms with van der Waals surface area (Å²) in [7, 11) is 0. The molecule has 0 bridgehead atoms. The van der Waals surface area contributed by atoms with E-state index in [9.17, 15) is 13.2 Å². The molecule has 0 fully saturated rings. The van der Waals surface area contributed by atoms with E-state index >= 15 is 0 Å². The van der Waals surface area contributed by atoms with Crippen molar-refractivity contribution in [2.45, 2.75) is 13.1 Å². The summed E-state index contributed by atoms with van der Waals surface area (Å²) in [4.78, 5) is 3.89.